The predicted molar refractivity (Wildman–Crippen MR) is 74.8 cm³/mol. The average Bonchev–Trinajstić information content (AvgIpc) is 2.87. The van der Waals surface area contributed by atoms with Crippen LogP contribution in [0.4, 0.5) is 4.39 Å². The SMILES string of the molecule is Cn1cc(S(=O)(=O)NC(CO)c2ccc(Cl)c(F)c2)cn1. The number of nitrogens with zero attached hydrogens (tertiary/aromatic N) is 2. The van der Waals surface area contributed by atoms with Crippen LogP contribution in [0.5, 0.6) is 0 Å². The van der Waals surface area contributed by atoms with Crippen LogP contribution >= 0.6 is 11.6 Å². The molecule has 0 aliphatic heterocycles. The third kappa shape index (κ3) is 3.59. The van der Waals surface area contributed by atoms with Crippen molar-refractivity contribution in [3.63, 3.8) is 0 Å². The molecule has 1 atom stereocenters. The summed E-state index contributed by atoms with van der Waals surface area (Å²) in [5.41, 5.74) is 0.270. The summed E-state index contributed by atoms with van der Waals surface area (Å²) in [4.78, 5) is -0.0436. The van der Waals surface area contributed by atoms with Crippen LogP contribution in [0.1, 0.15) is 11.6 Å². The van der Waals surface area contributed by atoms with E-state index in [0.717, 1.165) is 6.07 Å². The zero-order valence-electron chi connectivity index (χ0n) is 11.0. The van der Waals surface area contributed by atoms with Gasteiger partial charge in [-0.15, -0.1) is 0 Å². The van der Waals surface area contributed by atoms with Crippen molar-refractivity contribution >= 4 is 21.6 Å². The topological polar surface area (TPSA) is 84.2 Å². The lowest BCUT2D eigenvalue weighted by molar-refractivity contribution is 0.258. The van der Waals surface area contributed by atoms with E-state index in [2.05, 4.69) is 9.82 Å². The van der Waals surface area contributed by atoms with Gasteiger partial charge in [-0.25, -0.2) is 17.5 Å². The molecule has 6 nitrogen and oxygen atoms in total. The molecule has 1 heterocycles. The van der Waals surface area contributed by atoms with Gasteiger partial charge in [0.15, 0.2) is 0 Å². The third-order valence-electron chi connectivity index (χ3n) is 2.82. The molecule has 0 saturated heterocycles. The molecule has 1 unspecified atom stereocenters. The highest BCUT2D eigenvalue weighted by molar-refractivity contribution is 7.89. The van der Waals surface area contributed by atoms with E-state index in [0.29, 0.717) is 0 Å². The van der Waals surface area contributed by atoms with Crippen molar-refractivity contribution in [2.75, 3.05) is 6.61 Å². The van der Waals surface area contributed by atoms with Crippen LogP contribution < -0.4 is 4.72 Å². The summed E-state index contributed by atoms with van der Waals surface area (Å²) in [5.74, 6) is -0.687. The van der Waals surface area contributed by atoms with E-state index in [-0.39, 0.29) is 15.5 Å². The number of aryl methyl sites for hydroxylation is 1. The third-order valence-corrected chi connectivity index (χ3v) is 4.55. The Morgan fingerprint density at radius 1 is 1.52 bits per heavy atom. The molecule has 9 heteroatoms. The van der Waals surface area contributed by atoms with Gasteiger partial charge in [0.1, 0.15) is 10.7 Å². The molecular weight excluding hydrogens is 321 g/mol. The van der Waals surface area contributed by atoms with Gasteiger partial charge in [-0.1, -0.05) is 17.7 Å². The van der Waals surface area contributed by atoms with Crippen LogP contribution in [-0.2, 0) is 17.1 Å². The maximum Gasteiger partial charge on any atom is 0.244 e. The zero-order chi connectivity index (χ0) is 15.6. The molecule has 0 spiro atoms. The maximum absolute atomic E-state index is 13.4. The van der Waals surface area contributed by atoms with Gasteiger partial charge in [-0.3, -0.25) is 4.68 Å². The standard InChI is InChI=1S/C12H13ClFN3O3S/c1-17-6-9(5-15-17)21(19,20)16-12(7-18)8-2-3-10(13)11(14)4-8/h2-6,12,16,18H,7H2,1H3. The molecule has 0 bridgehead atoms. The second-order valence-electron chi connectivity index (χ2n) is 4.38. The lowest BCUT2D eigenvalue weighted by Crippen LogP contribution is -2.30. The minimum Gasteiger partial charge on any atom is -0.394 e. The van der Waals surface area contributed by atoms with Crippen molar-refractivity contribution in [1.82, 2.24) is 14.5 Å². The number of halogens is 2. The number of nitrogens with one attached hydrogen (secondary N) is 1. The molecule has 21 heavy (non-hydrogen) atoms. The molecule has 114 valence electrons. The van der Waals surface area contributed by atoms with Crippen LogP contribution in [0.3, 0.4) is 0 Å². The average molecular weight is 334 g/mol. The molecule has 2 rings (SSSR count). The summed E-state index contributed by atoms with van der Waals surface area (Å²) in [7, 11) is -2.29. The monoisotopic (exact) mass is 333 g/mol. The van der Waals surface area contributed by atoms with Crippen LogP contribution in [0, 0.1) is 5.82 Å². The Bertz CT molecular complexity index is 748. The number of aliphatic hydroxyl groups is 1. The highest BCUT2D eigenvalue weighted by Crippen LogP contribution is 2.21. The minimum atomic E-state index is -3.87. The Kier molecular flexibility index (Phi) is 4.62. The number of benzene rings is 1. The maximum atomic E-state index is 13.4. The van der Waals surface area contributed by atoms with E-state index in [1.807, 2.05) is 0 Å². The van der Waals surface area contributed by atoms with Gasteiger partial charge >= 0.3 is 0 Å². The van der Waals surface area contributed by atoms with E-state index in [9.17, 15) is 17.9 Å². The van der Waals surface area contributed by atoms with Crippen LogP contribution in [0.2, 0.25) is 5.02 Å². The fourth-order valence-electron chi connectivity index (χ4n) is 1.73. The van der Waals surface area contributed by atoms with Crippen molar-refractivity contribution < 1.29 is 17.9 Å². The van der Waals surface area contributed by atoms with Gasteiger partial charge in [0.05, 0.1) is 23.9 Å². The summed E-state index contributed by atoms with van der Waals surface area (Å²) >= 11 is 5.57. The predicted octanol–water partition coefficient (Wildman–Crippen LogP) is 1.22. The van der Waals surface area contributed by atoms with Crippen LogP contribution in [0.25, 0.3) is 0 Å². The van der Waals surface area contributed by atoms with Crippen LogP contribution in [0.15, 0.2) is 35.5 Å². The van der Waals surface area contributed by atoms with E-state index < -0.39 is 28.5 Å². The quantitative estimate of drug-likeness (QED) is 0.861. The molecule has 0 aliphatic carbocycles. The summed E-state index contributed by atoms with van der Waals surface area (Å²) in [6, 6.07) is 2.84. The summed E-state index contributed by atoms with van der Waals surface area (Å²) in [6.45, 7) is -0.527. The van der Waals surface area contributed by atoms with E-state index in [1.54, 1.807) is 7.05 Å². The molecule has 1 aromatic carbocycles. The minimum absolute atomic E-state index is 0.0436. The molecule has 0 aliphatic rings. The smallest absolute Gasteiger partial charge is 0.244 e. The molecule has 0 fully saturated rings. The number of hydrogen-bond acceptors (Lipinski definition) is 4. The molecule has 2 aromatic rings. The Hall–Kier alpha value is -1.48. The van der Waals surface area contributed by atoms with Crippen LogP contribution in [-0.4, -0.2) is 29.9 Å². The van der Waals surface area contributed by atoms with Crippen molar-refractivity contribution in [3.8, 4) is 0 Å². The molecule has 0 radical (unpaired) electrons. The van der Waals surface area contributed by atoms with Gasteiger partial charge < -0.3 is 5.11 Å². The van der Waals surface area contributed by atoms with E-state index in [1.165, 1.54) is 29.2 Å². The summed E-state index contributed by atoms with van der Waals surface area (Å²) in [6.07, 6.45) is 2.50. The fraction of sp³-hybridized carbons (Fsp3) is 0.250. The van der Waals surface area contributed by atoms with Crippen molar-refractivity contribution in [3.05, 3.63) is 47.0 Å². The van der Waals surface area contributed by atoms with Gasteiger partial charge in [-0.05, 0) is 17.7 Å². The largest absolute Gasteiger partial charge is 0.394 e. The highest BCUT2D eigenvalue weighted by Gasteiger charge is 2.22. The first kappa shape index (κ1) is 15.9. The number of sulfonamides is 1. The first-order chi connectivity index (χ1) is 9.83. The molecule has 1 aromatic heterocycles. The van der Waals surface area contributed by atoms with Gasteiger partial charge in [0, 0.05) is 13.2 Å². The summed E-state index contributed by atoms with van der Waals surface area (Å²) < 4.78 is 41.4. The number of rotatable bonds is 5. The Balaban J connectivity index is 2.28. The van der Waals surface area contributed by atoms with Crippen molar-refractivity contribution in [1.29, 1.82) is 0 Å². The zero-order valence-corrected chi connectivity index (χ0v) is 12.6. The van der Waals surface area contributed by atoms with Gasteiger partial charge in [-0.2, -0.15) is 5.10 Å². The summed E-state index contributed by atoms with van der Waals surface area (Å²) in [5, 5.41) is 13.0. The Morgan fingerprint density at radius 2 is 2.24 bits per heavy atom. The van der Waals surface area contributed by atoms with Crippen molar-refractivity contribution in [2.24, 2.45) is 7.05 Å². The number of aromatic nitrogens is 2. The lowest BCUT2D eigenvalue weighted by atomic mass is 10.1. The van der Waals surface area contributed by atoms with E-state index in [4.69, 9.17) is 11.6 Å². The molecule has 0 saturated carbocycles. The fourth-order valence-corrected chi connectivity index (χ4v) is 3.05. The number of hydrogen-bond donors (Lipinski definition) is 2. The second kappa shape index (κ2) is 6.10. The normalized spacial score (nSPS) is 13.3. The molecule has 0 amide bonds. The molecular formula is C12H13ClFN3O3S. The Labute approximate surface area is 126 Å². The Morgan fingerprint density at radius 3 is 2.76 bits per heavy atom. The number of aliphatic hydroxyl groups excluding tert-OH is 1. The second-order valence-corrected chi connectivity index (χ2v) is 6.50. The highest BCUT2D eigenvalue weighted by atomic mass is 35.5. The van der Waals surface area contributed by atoms with E-state index >= 15 is 0 Å². The first-order valence-corrected chi connectivity index (χ1v) is 7.76. The molecule has 2 N–H and O–H groups in total. The lowest BCUT2D eigenvalue weighted by Gasteiger charge is -2.16. The van der Waals surface area contributed by atoms with Gasteiger partial charge in [0.2, 0.25) is 10.0 Å². The first-order valence-electron chi connectivity index (χ1n) is 5.90. The van der Waals surface area contributed by atoms with Gasteiger partial charge in [0.25, 0.3) is 0 Å². The van der Waals surface area contributed by atoms with Crippen molar-refractivity contribution in [2.45, 2.75) is 10.9 Å².